The Morgan fingerprint density at radius 2 is 0.884 bits per heavy atom. The second kappa shape index (κ2) is 10.6. The highest BCUT2D eigenvalue weighted by molar-refractivity contribution is 6.10. The van der Waals surface area contributed by atoms with Gasteiger partial charge in [0.25, 0.3) is 0 Å². The minimum atomic E-state index is 0.983. The molecule has 0 unspecified atom stereocenters. The molecule has 2 heteroatoms. The Hall–Kier alpha value is -5.73. The molecule has 0 spiro atoms. The van der Waals surface area contributed by atoms with E-state index >= 15 is 0 Å². The first kappa shape index (κ1) is 25.0. The smallest absolute Gasteiger partial charge is 0.0702 e. The quantitative estimate of drug-likeness (QED) is 0.209. The Kier molecular flexibility index (Phi) is 6.16. The van der Waals surface area contributed by atoms with Crippen LogP contribution in [0.15, 0.2) is 170 Å². The second-order valence-corrected chi connectivity index (χ2v) is 10.9. The molecule has 0 aliphatic carbocycles. The van der Waals surface area contributed by atoms with Gasteiger partial charge < -0.3 is 4.57 Å². The molecule has 0 bridgehead atoms. The van der Waals surface area contributed by atoms with Crippen LogP contribution in [0, 0.1) is 0 Å². The summed E-state index contributed by atoms with van der Waals surface area (Å²) in [6.45, 7) is 0. The average Bonchev–Trinajstić information content (AvgIpc) is 3.43. The second-order valence-electron chi connectivity index (χ2n) is 10.9. The summed E-state index contributed by atoms with van der Waals surface area (Å²) in [6, 6.07) is 58.5. The monoisotopic (exact) mass is 548 g/mol. The van der Waals surface area contributed by atoms with Crippen molar-refractivity contribution >= 4 is 21.8 Å². The van der Waals surface area contributed by atoms with Crippen LogP contribution >= 0.6 is 0 Å². The van der Waals surface area contributed by atoms with Gasteiger partial charge in [-0.2, -0.15) is 0 Å². The molecule has 6 aromatic carbocycles. The van der Waals surface area contributed by atoms with E-state index in [9.17, 15) is 0 Å². The van der Waals surface area contributed by atoms with Gasteiger partial charge in [-0.1, -0.05) is 103 Å². The van der Waals surface area contributed by atoms with Crippen LogP contribution in [-0.4, -0.2) is 9.55 Å². The molecule has 0 aliphatic heterocycles. The summed E-state index contributed by atoms with van der Waals surface area (Å²) in [6.07, 6.45) is 1.84. The third-order valence-corrected chi connectivity index (χ3v) is 8.24. The van der Waals surface area contributed by atoms with Crippen molar-refractivity contribution in [2.24, 2.45) is 0 Å². The summed E-state index contributed by atoms with van der Waals surface area (Å²) < 4.78 is 2.36. The Bertz CT molecular complexity index is 2230. The number of hydrogen-bond acceptors (Lipinski definition) is 1. The van der Waals surface area contributed by atoms with Gasteiger partial charge in [-0.15, -0.1) is 0 Å². The predicted molar refractivity (Wildman–Crippen MR) is 180 cm³/mol. The van der Waals surface area contributed by atoms with Crippen LogP contribution in [0.5, 0.6) is 0 Å². The number of pyridine rings is 1. The minimum absolute atomic E-state index is 0.983. The molecule has 8 aromatic rings. The van der Waals surface area contributed by atoms with Gasteiger partial charge in [0, 0.05) is 28.2 Å². The molecule has 0 saturated heterocycles. The zero-order chi connectivity index (χ0) is 28.6. The lowest BCUT2D eigenvalue weighted by Crippen LogP contribution is -1.92. The van der Waals surface area contributed by atoms with Crippen molar-refractivity contribution in [3.8, 4) is 50.3 Å². The van der Waals surface area contributed by atoms with Crippen molar-refractivity contribution in [2.45, 2.75) is 0 Å². The van der Waals surface area contributed by atoms with E-state index < -0.39 is 0 Å². The van der Waals surface area contributed by atoms with Crippen LogP contribution in [0.1, 0.15) is 0 Å². The number of para-hydroxylation sites is 2. The molecule has 0 atom stereocenters. The number of rotatable bonds is 5. The Balaban J connectivity index is 1.18. The molecule has 0 amide bonds. The number of benzene rings is 6. The van der Waals surface area contributed by atoms with Gasteiger partial charge in [0.1, 0.15) is 0 Å². The van der Waals surface area contributed by atoms with Gasteiger partial charge in [0.15, 0.2) is 0 Å². The number of aromatic nitrogens is 2. The highest BCUT2D eigenvalue weighted by Crippen LogP contribution is 2.36. The minimum Gasteiger partial charge on any atom is -0.309 e. The third kappa shape index (κ3) is 4.60. The molecule has 43 heavy (non-hydrogen) atoms. The molecule has 0 aliphatic rings. The maximum atomic E-state index is 4.54. The van der Waals surface area contributed by atoms with E-state index in [1.165, 1.54) is 60.9 Å². The Morgan fingerprint density at radius 1 is 0.349 bits per heavy atom. The topological polar surface area (TPSA) is 17.8 Å². The highest BCUT2D eigenvalue weighted by Gasteiger charge is 2.13. The summed E-state index contributed by atoms with van der Waals surface area (Å²) in [7, 11) is 0. The molecule has 2 heterocycles. The number of fused-ring (bicyclic) bond motifs is 3. The molecular formula is C41H28N2. The van der Waals surface area contributed by atoms with E-state index in [1.807, 2.05) is 18.3 Å². The van der Waals surface area contributed by atoms with Crippen molar-refractivity contribution in [1.29, 1.82) is 0 Å². The van der Waals surface area contributed by atoms with Crippen LogP contribution in [0.2, 0.25) is 0 Å². The maximum absolute atomic E-state index is 4.54. The van der Waals surface area contributed by atoms with Gasteiger partial charge in [-0.05, 0) is 94.0 Å². The molecule has 8 rings (SSSR count). The van der Waals surface area contributed by atoms with E-state index in [-0.39, 0.29) is 0 Å². The molecule has 2 aromatic heterocycles. The molecule has 0 fully saturated rings. The van der Waals surface area contributed by atoms with E-state index in [1.54, 1.807) is 0 Å². The van der Waals surface area contributed by atoms with Crippen molar-refractivity contribution in [1.82, 2.24) is 9.55 Å². The first-order valence-corrected chi connectivity index (χ1v) is 14.6. The lowest BCUT2D eigenvalue weighted by molar-refractivity contribution is 1.18. The summed E-state index contributed by atoms with van der Waals surface area (Å²) in [5, 5.41) is 2.53. The predicted octanol–water partition coefficient (Wildman–Crippen LogP) is 10.8. The highest BCUT2D eigenvalue weighted by atomic mass is 15.0. The average molecular weight is 549 g/mol. The zero-order valence-electron chi connectivity index (χ0n) is 23.6. The lowest BCUT2D eigenvalue weighted by atomic mass is 9.95. The van der Waals surface area contributed by atoms with Gasteiger partial charge in [0.2, 0.25) is 0 Å². The van der Waals surface area contributed by atoms with Crippen LogP contribution in [0.4, 0.5) is 0 Å². The Labute approximate surface area is 251 Å². The van der Waals surface area contributed by atoms with Gasteiger partial charge in [-0.3, -0.25) is 4.98 Å². The largest absolute Gasteiger partial charge is 0.309 e. The summed E-state index contributed by atoms with van der Waals surface area (Å²) in [5.74, 6) is 0. The molecular weight excluding hydrogens is 520 g/mol. The molecule has 202 valence electrons. The third-order valence-electron chi connectivity index (χ3n) is 8.24. The molecule has 0 N–H and O–H groups in total. The summed E-state index contributed by atoms with van der Waals surface area (Å²) in [4.78, 5) is 4.54. The van der Waals surface area contributed by atoms with Crippen LogP contribution < -0.4 is 0 Å². The van der Waals surface area contributed by atoms with Crippen LogP contribution in [0.25, 0.3) is 72.1 Å². The zero-order valence-corrected chi connectivity index (χ0v) is 23.6. The Morgan fingerprint density at radius 3 is 1.53 bits per heavy atom. The number of nitrogens with zero attached hydrogens (tertiary/aromatic N) is 2. The van der Waals surface area contributed by atoms with E-state index in [4.69, 9.17) is 0 Å². The van der Waals surface area contributed by atoms with E-state index in [0.717, 1.165) is 11.3 Å². The van der Waals surface area contributed by atoms with Crippen LogP contribution in [0.3, 0.4) is 0 Å². The fraction of sp³-hybridized carbons (Fsp3) is 0. The van der Waals surface area contributed by atoms with Crippen molar-refractivity contribution < 1.29 is 0 Å². The molecule has 0 saturated carbocycles. The fourth-order valence-corrected chi connectivity index (χ4v) is 6.16. The van der Waals surface area contributed by atoms with E-state index in [0.29, 0.717) is 0 Å². The normalized spacial score (nSPS) is 11.3. The lowest BCUT2D eigenvalue weighted by Gasteiger charge is -2.10. The first-order chi connectivity index (χ1) is 21.3. The molecule has 2 nitrogen and oxygen atoms in total. The van der Waals surface area contributed by atoms with Crippen LogP contribution in [-0.2, 0) is 0 Å². The van der Waals surface area contributed by atoms with Gasteiger partial charge in [-0.25, -0.2) is 0 Å². The van der Waals surface area contributed by atoms with Gasteiger partial charge in [0.05, 0.1) is 16.7 Å². The fourth-order valence-electron chi connectivity index (χ4n) is 6.16. The van der Waals surface area contributed by atoms with Crippen molar-refractivity contribution in [3.63, 3.8) is 0 Å². The van der Waals surface area contributed by atoms with Crippen molar-refractivity contribution in [2.75, 3.05) is 0 Å². The van der Waals surface area contributed by atoms with Gasteiger partial charge >= 0.3 is 0 Å². The first-order valence-electron chi connectivity index (χ1n) is 14.6. The number of hydrogen-bond donors (Lipinski definition) is 0. The van der Waals surface area contributed by atoms with E-state index in [2.05, 4.69) is 161 Å². The summed E-state index contributed by atoms with van der Waals surface area (Å²) >= 11 is 0. The maximum Gasteiger partial charge on any atom is 0.0702 e. The van der Waals surface area contributed by atoms with Crippen molar-refractivity contribution in [3.05, 3.63) is 170 Å². The molecule has 0 radical (unpaired) electrons. The summed E-state index contributed by atoms with van der Waals surface area (Å²) in [5.41, 5.74) is 12.9. The SMILES string of the molecule is c1ccc(-n2c3ccccc3c3cc(-c4cccc(-c5cccc(-c6cccc(-c7ccccn7)c6)c5)c4)ccc32)cc1. The standard InChI is InChI=1S/C41H28N2/c1-2-17-36(18-3-1)43-40-21-5-4-19-37(40)38-28-34(22-23-41(38)43)32-14-9-12-30(26-32)29-11-8-13-31(25-29)33-15-10-16-35(27-33)39-20-6-7-24-42-39/h1-28H.